The third-order valence-electron chi connectivity index (χ3n) is 5.32. The van der Waals surface area contributed by atoms with E-state index in [1.165, 1.54) is 15.4 Å². The molecule has 1 aromatic heterocycles. The SMILES string of the molecule is Cc1cccc(-n2ccnc2SCc2cccc(S(=O)(=O)N3CCOCC3)c2)c1C. The van der Waals surface area contributed by atoms with E-state index in [9.17, 15) is 8.42 Å². The minimum absolute atomic E-state index is 0.334. The van der Waals surface area contributed by atoms with E-state index in [1.807, 2.05) is 18.3 Å². The molecule has 0 amide bonds. The van der Waals surface area contributed by atoms with Crippen molar-refractivity contribution in [3.05, 3.63) is 71.5 Å². The number of sulfonamides is 1. The van der Waals surface area contributed by atoms with Gasteiger partial charge in [0, 0.05) is 31.2 Å². The Balaban J connectivity index is 1.53. The van der Waals surface area contributed by atoms with Crippen molar-refractivity contribution in [1.82, 2.24) is 13.9 Å². The van der Waals surface area contributed by atoms with Crippen LogP contribution >= 0.6 is 11.8 Å². The first-order valence-corrected chi connectivity index (χ1v) is 12.3. The second-order valence-corrected chi connectivity index (χ2v) is 10.1. The summed E-state index contributed by atoms with van der Waals surface area (Å²) in [6.07, 6.45) is 3.76. The van der Waals surface area contributed by atoms with Crippen molar-refractivity contribution in [2.45, 2.75) is 29.7 Å². The molecule has 1 aliphatic heterocycles. The van der Waals surface area contributed by atoms with Gasteiger partial charge in [-0.1, -0.05) is 36.0 Å². The fraction of sp³-hybridized carbons (Fsp3) is 0.318. The molecule has 0 aliphatic carbocycles. The van der Waals surface area contributed by atoms with Gasteiger partial charge in [-0.05, 0) is 48.7 Å². The van der Waals surface area contributed by atoms with E-state index in [0.717, 1.165) is 16.4 Å². The van der Waals surface area contributed by atoms with Crippen molar-refractivity contribution in [3.63, 3.8) is 0 Å². The number of imidazole rings is 1. The molecule has 30 heavy (non-hydrogen) atoms. The second kappa shape index (κ2) is 8.93. The predicted octanol–water partition coefficient (Wildman–Crippen LogP) is 3.80. The van der Waals surface area contributed by atoms with Crippen LogP contribution in [0.2, 0.25) is 0 Å². The van der Waals surface area contributed by atoms with E-state index in [1.54, 1.807) is 36.2 Å². The van der Waals surface area contributed by atoms with E-state index in [-0.39, 0.29) is 0 Å². The molecular formula is C22H25N3O3S2. The van der Waals surface area contributed by atoms with Crippen LogP contribution in [0.25, 0.3) is 5.69 Å². The van der Waals surface area contributed by atoms with Crippen LogP contribution in [0.4, 0.5) is 0 Å². The van der Waals surface area contributed by atoms with Gasteiger partial charge in [0.2, 0.25) is 10.0 Å². The molecule has 0 atom stereocenters. The average Bonchev–Trinajstić information content (AvgIpc) is 3.23. The molecular weight excluding hydrogens is 418 g/mol. The maximum absolute atomic E-state index is 12.9. The summed E-state index contributed by atoms with van der Waals surface area (Å²) in [6.45, 7) is 5.89. The fourth-order valence-electron chi connectivity index (χ4n) is 3.46. The van der Waals surface area contributed by atoms with Gasteiger partial charge >= 0.3 is 0 Å². The summed E-state index contributed by atoms with van der Waals surface area (Å²) >= 11 is 1.59. The van der Waals surface area contributed by atoms with E-state index in [2.05, 4.69) is 35.5 Å². The molecule has 2 heterocycles. The molecule has 0 saturated carbocycles. The number of benzene rings is 2. The number of nitrogens with zero attached hydrogens (tertiary/aromatic N) is 3. The van der Waals surface area contributed by atoms with Gasteiger partial charge in [-0.3, -0.25) is 4.57 Å². The van der Waals surface area contributed by atoms with Gasteiger partial charge in [-0.25, -0.2) is 13.4 Å². The molecule has 2 aromatic carbocycles. The summed E-state index contributed by atoms with van der Waals surface area (Å²) in [4.78, 5) is 4.84. The highest BCUT2D eigenvalue weighted by Crippen LogP contribution is 2.28. The monoisotopic (exact) mass is 443 g/mol. The summed E-state index contributed by atoms with van der Waals surface area (Å²) in [7, 11) is -3.49. The molecule has 0 N–H and O–H groups in total. The zero-order valence-electron chi connectivity index (χ0n) is 17.1. The van der Waals surface area contributed by atoms with Crippen LogP contribution in [0.5, 0.6) is 0 Å². The summed E-state index contributed by atoms with van der Waals surface area (Å²) in [6, 6.07) is 13.4. The number of hydrogen-bond acceptors (Lipinski definition) is 5. The number of aromatic nitrogens is 2. The maximum Gasteiger partial charge on any atom is 0.243 e. The van der Waals surface area contributed by atoms with Crippen molar-refractivity contribution in [2.24, 2.45) is 0 Å². The van der Waals surface area contributed by atoms with E-state index < -0.39 is 10.0 Å². The highest BCUT2D eigenvalue weighted by molar-refractivity contribution is 7.98. The molecule has 0 spiro atoms. The predicted molar refractivity (Wildman–Crippen MR) is 119 cm³/mol. The van der Waals surface area contributed by atoms with Crippen LogP contribution in [-0.4, -0.2) is 48.6 Å². The summed E-state index contributed by atoms with van der Waals surface area (Å²) in [5.41, 5.74) is 4.51. The number of morpholine rings is 1. The molecule has 1 aliphatic rings. The molecule has 158 valence electrons. The normalized spacial score (nSPS) is 15.4. The Hall–Kier alpha value is -2.13. The summed E-state index contributed by atoms with van der Waals surface area (Å²) < 4.78 is 34.7. The molecule has 0 unspecified atom stereocenters. The Morgan fingerprint density at radius 1 is 1.10 bits per heavy atom. The summed E-state index contributed by atoms with van der Waals surface area (Å²) in [5.74, 6) is 0.633. The highest BCUT2D eigenvalue weighted by Gasteiger charge is 2.26. The Morgan fingerprint density at radius 2 is 1.87 bits per heavy atom. The average molecular weight is 444 g/mol. The highest BCUT2D eigenvalue weighted by atomic mass is 32.2. The lowest BCUT2D eigenvalue weighted by molar-refractivity contribution is 0.0730. The van der Waals surface area contributed by atoms with Gasteiger partial charge in [-0.15, -0.1) is 0 Å². The van der Waals surface area contributed by atoms with E-state index in [4.69, 9.17) is 4.74 Å². The van der Waals surface area contributed by atoms with Gasteiger partial charge in [0.1, 0.15) is 0 Å². The fourth-order valence-corrected chi connectivity index (χ4v) is 5.84. The number of rotatable bonds is 6. The van der Waals surface area contributed by atoms with E-state index in [0.29, 0.717) is 37.0 Å². The molecule has 6 nitrogen and oxygen atoms in total. The van der Waals surface area contributed by atoms with Crippen molar-refractivity contribution in [1.29, 1.82) is 0 Å². The number of aryl methyl sites for hydroxylation is 1. The number of hydrogen-bond donors (Lipinski definition) is 0. The minimum atomic E-state index is -3.49. The topological polar surface area (TPSA) is 64.4 Å². The molecule has 1 fully saturated rings. The standard InChI is InChI=1S/C22H25N3O3S2/c1-17-5-3-8-21(18(17)2)25-10-9-23-22(25)29-16-19-6-4-7-20(15-19)30(26,27)24-11-13-28-14-12-24/h3-10,15H,11-14,16H2,1-2H3. The lowest BCUT2D eigenvalue weighted by Gasteiger charge is -2.26. The Morgan fingerprint density at radius 3 is 2.67 bits per heavy atom. The molecule has 4 rings (SSSR count). The first-order valence-electron chi connectivity index (χ1n) is 9.86. The smallest absolute Gasteiger partial charge is 0.243 e. The molecule has 1 saturated heterocycles. The summed E-state index contributed by atoms with van der Waals surface area (Å²) in [5, 5.41) is 0.880. The van der Waals surface area contributed by atoms with Crippen LogP contribution in [0.3, 0.4) is 0 Å². The third-order valence-corrected chi connectivity index (χ3v) is 8.25. The largest absolute Gasteiger partial charge is 0.379 e. The van der Waals surface area contributed by atoms with Crippen LogP contribution in [-0.2, 0) is 20.5 Å². The third kappa shape index (κ3) is 4.32. The Kier molecular flexibility index (Phi) is 6.29. The van der Waals surface area contributed by atoms with Gasteiger partial charge in [0.05, 0.1) is 23.8 Å². The zero-order chi connectivity index (χ0) is 21.1. The van der Waals surface area contributed by atoms with Gasteiger partial charge in [-0.2, -0.15) is 4.31 Å². The first-order chi connectivity index (χ1) is 14.5. The van der Waals surface area contributed by atoms with Gasteiger partial charge < -0.3 is 4.74 Å². The molecule has 0 bridgehead atoms. The van der Waals surface area contributed by atoms with Crippen LogP contribution in [0.1, 0.15) is 16.7 Å². The Labute approximate surface area is 181 Å². The number of thioether (sulfide) groups is 1. The quantitative estimate of drug-likeness (QED) is 0.542. The molecule has 3 aromatic rings. The van der Waals surface area contributed by atoms with Gasteiger partial charge in [0.25, 0.3) is 0 Å². The Bertz CT molecular complexity index is 1140. The molecule has 0 radical (unpaired) electrons. The molecule has 8 heteroatoms. The first kappa shape index (κ1) is 21.1. The van der Waals surface area contributed by atoms with Crippen molar-refractivity contribution >= 4 is 21.8 Å². The van der Waals surface area contributed by atoms with Crippen molar-refractivity contribution in [2.75, 3.05) is 26.3 Å². The van der Waals surface area contributed by atoms with Crippen LogP contribution < -0.4 is 0 Å². The number of ether oxygens (including phenoxy) is 1. The van der Waals surface area contributed by atoms with Crippen molar-refractivity contribution in [3.8, 4) is 5.69 Å². The van der Waals surface area contributed by atoms with Crippen LogP contribution in [0, 0.1) is 13.8 Å². The van der Waals surface area contributed by atoms with Gasteiger partial charge in [0.15, 0.2) is 5.16 Å². The lowest BCUT2D eigenvalue weighted by Crippen LogP contribution is -2.40. The maximum atomic E-state index is 12.9. The minimum Gasteiger partial charge on any atom is -0.379 e. The van der Waals surface area contributed by atoms with Crippen LogP contribution in [0.15, 0.2) is 64.9 Å². The zero-order valence-corrected chi connectivity index (χ0v) is 18.7. The lowest BCUT2D eigenvalue weighted by atomic mass is 10.1. The van der Waals surface area contributed by atoms with E-state index >= 15 is 0 Å². The van der Waals surface area contributed by atoms with Crippen molar-refractivity contribution < 1.29 is 13.2 Å². The second-order valence-electron chi connectivity index (χ2n) is 7.25.